The van der Waals surface area contributed by atoms with Crippen LogP contribution in [0, 0.1) is 6.92 Å². The maximum absolute atomic E-state index is 11.5. The Morgan fingerprint density at radius 3 is 2.34 bits per heavy atom. The molecule has 0 saturated heterocycles. The Bertz CT molecular complexity index is 839. The average molecular weight is 397 g/mol. The van der Waals surface area contributed by atoms with Crippen molar-refractivity contribution in [1.82, 2.24) is 0 Å². The number of aliphatic hydroxyl groups is 1. The minimum Gasteiger partial charge on any atom is -0.489 e. The van der Waals surface area contributed by atoms with Crippen LogP contribution < -0.4 is 4.74 Å². The fourth-order valence-electron chi connectivity index (χ4n) is 3.23. The van der Waals surface area contributed by atoms with Crippen molar-refractivity contribution in [2.24, 2.45) is 0 Å². The summed E-state index contributed by atoms with van der Waals surface area (Å²) in [4.78, 5) is 11.5. The molecule has 29 heavy (non-hydrogen) atoms. The predicted octanol–water partition coefficient (Wildman–Crippen LogP) is 5.04. The third-order valence-electron chi connectivity index (χ3n) is 4.71. The molecule has 0 radical (unpaired) electrons. The van der Waals surface area contributed by atoms with Gasteiger partial charge in [0.1, 0.15) is 19.0 Å². The molecule has 0 amide bonds. The van der Waals surface area contributed by atoms with Crippen molar-refractivity contribution in [3.05, 3.63) is 65.2 Å². The van der Waals surface area contributed by atoms with Crippen LogP contribution in [0.25, 0.3) is 11.1 Å². The topological polar surface area (TPSA) is 55.8 Å². The molecule has 0 spiro atoms. The van der Waals surface area contributed by atoms with Gasteiger partial charge in [0.2, 0.25) is 0 Å². The summed E-state index contributed by atoms with van der Waals surface area (Å²) >= 11 is 0. The van der Waals surface area contributed by atoms with Gasteiger partial charge in [-0.2, -0.15) is 0 Å². The standard InChI is InChI=1S/C25H32O4/c1-5-7-20-9-11-22(19(4)16-20)23-12-10-21(8-6-13-26)17-24(23)28-14-15-29-25(27)18(2)3/h9-12,16-17,26H,2,5-8,13-15H2,1,3-4H3. The summed E-state index contributed by atoms with van der Waals surface area (Å²) in [6.07, 6.45) is 3.68. The highest BCUT2D eigenvalue weighted by Gasteiger charge is 2.12. The molecule has 4 heteroatoms. The number of hydrogen-bond acceptors (Lipinski definition) is 4. The molecule has 0 fully saturated rings. The molecule has 0 aliphatic rings. The maximum Gasteiger partial charge on any atom is 0.333 e. The summed E-state index contributed by atoms with van der Waals surface area (Å²) < 4.78 is 11.1. The molecule has 0 aromatic heterocycles. The first kappa shape index (κ1) is 22.7. The van der Waals surface area contributed by atoms with Crippen molar-refractivity contribution in [3.8, 4) is 16.9 Å². The van der Waals surface area contributed by atoms with Gasteiger partial charge in [0.15, 0.2) is 0 Å². The van der Waals surface area contributed by atoms with E-state index in [1.807, 2.05) is 6.07 Å². The minimum absolute atomic E-state index is 0.160. The zero-order valence-electron chi connectivity index (χ0n) is 17.8. The van der Waals surface area contributed by atoms with Gasteiger partial charge in [0.25, 0.3) is 0 Å². The first-order chi connectivity index (χ1) is 14.0. The van der Waals surface area contributed by atoms with E-state index in [1.54, 1.807) is 6.92 Å². The van der Waals surface area contributed by atoms with Crippen LogP contribution in [0.15, 0.2) is 48.6 Å². The monoisotopic (exact) mass is 396 g/mol. The van der Waals surface area contributed by atoms with Crippen LogP contribution in [-0.4, -0.2) is 30.9 Å². The van der Waals surface area contributed by atoms with E-state index in [0.717, 1.165) is 41.7 Å². The number of aryl methyl sites for hydroxylation is 3. The highest BCUT2D eigenvalue weighted by molar-refractivity contribution is 5.86. The summed E-state index contributed by atoms with van der Waals surface area (Å²) in [5.74, 6) is 0.353. The third-order valence-corrected chi connectivity index (χ3v) is 4.71. The van der Waals surface area contributed by atoms with E-state index in [2.05, 4.69) is 50.8 Å². The van der Waals surface area contributed by atoms with E-state index in [4.69, 9.17) is 14.6 Å². The Morgan fingerprint density at radius 2 is 1.72 bits per heavy atom. The van der Waals surface area contributed by atoms with Crippen LogP contribution in [0.5, 0.6) is 5.75 Å². The van der Waals surface area contributed by atoms with E-state index >= 15 is 0 Å². The summed E-state index contributed by atoms with van der Waals surface area (Å²) in [7, 11) is 0. The summed E-state index contributed by atoms with van der Waals surface area (Å²) in [6, 6.07) is 12.7. The van der Waals surface area contributed by atoms with Gasteiger partial charge in [-0.25, -0.2) is 4.79 Å². The van der Waals surface area contributed by atoms with Crippen LogP contribution >= 0.6 is 0 Å². The molecule has 1 N–H and O–H groups in total. The van der Waals surface area contributed by atoms with Crippen LogP contribution in [-0.2, 0) is 22.4 Å². The lowest BCUT2D eigenvalue weighted by Crippen LogP contribution is -2.13. The highest BCUT2D eigenvalue weighted by atomic mass is 16.6. The van der Waals surface area contributed by atoms with E-state index in [0.29, 0.717) is 12.0 Å². The SMILES string of the molecule is C=C(C)C(=O)OCCOc1cc(CCCO)ccc1-c1ccc(CCC)cc1C. The quantitative estimate of drug-likeness (QED) is 0.328. The molecule has 0 bridgehead atoms. The number of esters is 1. The zero-order chi connectivity index (χ0) is 21.2. The lowest BCUT2D eigenvalue weighted by molar-refractivity contribution is -0.139. The Morgan fingerprint density at radius 1 is 1.03 bits per heavy atom. The van der Waals surface area contributed by atoms with Crippen LogP contribution in [0.2, 0.25) is 0 Å². The van der Waals surface area contributed by atoms with Gasteiger partial charge < -0.3 is 14.6 Å². The fraction of sp³-hybridized carbons (Fsp3) is 0.400. The Labute approximate surface area is 174 Å². The van der Waals surface area contributed by atoms with Gasteiger partial charge in [0.05, 0.1) is 0 Å². The van der Waals surface area contributed by atoms with Crippen LogP contribution in [0.3, 0.4) is 0 Å². The lowest BCUT2D eigenvalue weighted by Gasteiger charge is -2.16. The van der Waals surface area contributed by atoms with Crippen molar-refractivity contribution in [2.45, 2.75) is 46.5 Å². The summed E-state index contributed by atoms with van der Waals surface area (Å²) in [5, 5.41) is 9.12. The van der Waals surface area contributed by atoms with Crippen LogP contribution in [0.1, 0.15) is 43.4 Å². The molecule has 2 rings (SSSR count). The number of carbonyl (C=O) groups is 1. The van der Waals surface area contributed by atoms with E-state index < -0.39 is 5.97 Å². The molecule has 4 nitrogen and oxygen atoms in total. The van der Waals surface area contributed by atoms with Gasteiger partial charge in [-0.1, -0.05) is 50.3 Å². The first-order valence-electron chi connectivity index (χ1n) is 10.2. The van der Waals surface area contributed by atoms with E-state index in [-0.39, 0.29) is 19.8 Å². The normalized spacial score (nSPS) is 10.6. The van der Waals surface area contributed by atoms with Gasteiger partial charge in [-0.15, -0.1) is 0 Å². The maximum atomic E-state index is 11.5. The number of benzene rings is 2. The summed E-state index contributed by atoms with van der Waals surface area (Å²) in [6.45, 7) is 10.1. The van der Waals surface area contributed by atoms with Gasteiger partial charge in [-0.3, -0.25) is 0 Å². The minimum atomic E-state index is -0.409. The molecule has 2 aromatic rings. The largest absolute Gasteiger partial charge is 0.489 e. The molecule has 0 saturated carbocycles. The molecule has 156 valence electrons. The Hall–Kier alpha value is -2.59. The number of hydrogen-bond donors (Lipinski definition) is 1. The Kier molecular flexibility index (Phi) is 8.94. The molecule has 0 heterocycles. The smallest absolute Gasteiger partial charge is 0.333 e. The van der Waals surface area contributed by atoms with Crippen molar-refractivity contribution < 1.29 is 19.4 Å². The van der Waals surface area contributed by atoms with Crippen molar-refractivity contribution >= 4 is 5.97 Å². The van der Waals surface area contributed by atoms with Crippen LogP contribution in [0.4, 0.5) is 0 Å². The molecule has 0 aliphatic carbocycles. The summed E-state index contributed by atoms with van der Waals surface area (Å²) in [5.41, 5.74) is 6.17. The number of carbonyl (C=O) groups excluding carboxylic acids is 1. The Balaban J connectivity index is 2.23. The average Bonchev–Trinajstić information content (AvgIpc) is 2.70. The van der Waals surface area contributed by atoms with Crippen molar-refractivity contribution in [2.75, 3.05) is 19.8 Å². The molecule has 0 atom stereocenters. The number of ether oxygens (including phenoxy) is 2. The predicted molar refractivity (Wildman–Crippen MR) is 117 cm³/mol. The van der Waals surface area contributed by atoms with Gasteiger partial charge in [-0.05, 0) is 61.4 Å². The van der Waals surface area contributed by atoms with Crippen molar-refractivity contribution in [1.29, 1.82) is 0 Å². The fourth-order valence-corrected chi connectivity index (χ4v) is 3.23. The zero-order valence-corrected chi connectivity index (χ0v) is 17.8. The molecular weight excluding hydrogens is 364 g/mol. The molecule has 2 aromatic carbocycles. The second-order valence-corrected chi connectivity index (χ2v) is 7.32. The van der Waals surface area contributed by atoms with Gasteiger partial charge in [0, 0.05) is 17.7 Å². The van der Waals surface area contributed by atoms with E-state index in [9.17, 15) is 4.79 Å². The highest BCUT2D eigenvalue weighted by Crippen LogP contribution is 2.34. The molecule has 0 aliphatic heterocycles. The lowest BCUT2D eigenvalue weighted by atomic mass is 9.95. The van der Waals surface area contributed by atoms with Crippen molar-refractivity contribution in [3.63, 3.8) is 0 Å². The second-order valence-electron chi connectivity index (χ2n) is 7.32. The van der Waals surface area contributed by atoms with E-state index in [1.165, 1.54) is 11.1 Å². The van der Waals surface area contributed by atoms with Gasteiger partial charge >= 0.3 is 5.97 Å². The first-order valence-corrected chi connectivity index (χ1v) is 10.2. The number of rotatable bonds is 11. The number of aliphatic hydroxyl groups excluding tert-OH is 1. The molecular formula is C25H32O4. The second kappa shape index (κ2) is 11.4. The third kappa shape index (κ3) is 6.75. The molecule has 0 unspecified atom stereocenters.